The van der Waals surface area contributed by atoms with Crippen molar-refractivity contribution >= 4 is 38.5 Å². The molecular formula is C14H19BrN2S. The van der Waals surface area contributed by atoms with Gasteiger partial charge in [0.05, 0.1) is 6.04 Å². The van der Waals surface area contributed by atoms with E-state index in [4.69, 9.17) is 4.99 Å². The van der Waals surface area contributed by atoms with Crippen molar-refractivity contribution in [3.05, 3.63) is 27.7 Å². The molecule has 0 aromatic heterocycles. The highest BCUT2D eigenvalue weighted by molar-refractivity contribution is 9.10. The molecule has 0 spiro atoms. The summed E-state index contributed by atoms with van der Waals surface area (Å²) in [5, 5.41) is 4.54. The normalized spacial score (nSPS) is 23.7. The molecule has 2 atom stereocenters. The first-order valence-corrected chi connectivity index (χ1v) is 7.99. The fourth-order valence-electron chi connectivity index (χ4n) is 1.98. The quantitative estimate of drug-likeness (QED) is 0.815. The number of halogens is 1. The van der Waals surface area contributed by atoms with Crippen LogP contribution in [0, 0.1) is 19.8 Å². The highest BCUT2D eigenvalue weighted by Crippen LogP contribution is 2.28. The van der Waals surface area contributed by atoms with Gasteiger partial charge in [-0.2, -0.15) is 0 Å². The Morgan fingerprint density at radius 2 is 1.89 bits per heavy atom. The van der Waals surface area contributed by atoms with Crippen molar-refractivity contribution in [2.45, 2.75) is 33.7 Å². The molecule has 0 amide bonds. The maximum Gasteiger partial charge on any atom is 0.161 e. The molecule has 0 bridgehead atoms. The van der Waals surface area contributed by atoms with E-state index in [2.05, 4.69) is 61.1 Å². The van der Waals surface area contributed by atoms with Crippen molar-refractivity contribution in [2.24, 2.45) is 10.9 Å². The van der Waals surface area contributed by atoms with Gasteiger partial charge in [-0.25, -0.2) is 0 Å². The second kappa shape index (κ2) is 5.66. The highest BCUT2D eigenvalue weighted by Gasteiger charge is 2.19. The third-order valence-corrected chi connectivity index (χ3v) is 4.99. The first-order valence-electron chi connectivity index (χ1n) is 6.21. The Morgan fingerprint density at radius 3 is 2.44 bits per heavy atom. The van der Waals surface area contributed by atoms with Crippen LogP contribution in [0.3, 0.4) is 0 Å². The average Bonchev–Trinajstić information content (AvgIpc) is 2.28. The SMILES string of the molecule is Cc1cc(Br)cc(C)c1NC1=NC(C)C(C)CS1. The van der Waals surface area contributed by atoms with E-state index in [1.807, 2.05) is 11.8 Å². The van der Waals surface area contributed by atoms with E-state index in [0.29, 0.717) is 12.0 Å². The van der Waals surface area contributed by atoms with Crippen molar-refractivity contribution in [3.63, 3.8) is 0 Å². The minimum Gasteiger partial charge on any atom is -0.335 e. The molecule has 4 heteroatoms. The molecular weight excluding hydrogens is 308 g/mol. The Kier molecular flexibility index (Phi) is 4.38. The Hall–Kier alpha value is -0.480. The first kappa shape index (κ1) is 13.9. The van der Waals surface area contributed by atoms with E-state index < -0.39 is 0 Å². The van der Waals surface area contributed by atoms with Crippen molar-refractivity contribution in [2.75, 3.05) is 11.1 Å². The van der Waals surface area contributed by atoms with E-state index in [0.717, 1.165) is 15.4 Å². The van der Waals surface area contributed by atoms with Crippen LogP contribution >= 0.6 is 27.7 Å². The fourth-order valence-corrected chi connectivity index (χ4v) is 3.78. The van der Waals surface area contributed by atoms with Crippen LogP contribution in [0.1, 0.15) is 25.0 Å². The van der Waals surface area contributed by atoms with Crippen LogP contribution in [0.2, 0.25) is 0 Å². The molecule has 2 rings (SSSR count). The summed E-state index contributed by atoms with van der Waals surface area (Å²) < 4.78 is 1.13. The zero-order valence-corrected chi connectivity index (χ0v) is 13.7. The van der Waals surface area contributed by atoms with Gasteiger partial charge in [0.1, 0.15) is 0 Å². The number of aryl methyl sites for hydroxylation is 2. The molecule has 0 fully saturated rings. The predicted molar refractivity (Wildman–Crippen MR) is 85.8 cm³/mol. The number of rotatable bonds is 1. The van der Waals surface area contributed by atoms with E-state index in [1.165, 1.54) is 16.8 Å². The number of anilines is 1. The van der Waals surface area contributed by atoms with E-state index in [1.54, 1.807) is 0 Å². The van der Waals surface area contributed by atoms with Crippen LogP contribution in [-0.4, -0.2) is 17.0 Å². The summed E-state index contributed by atoms with van der Waals surface area (Å²) in [6.45, 7) is 8.70. The molecule has 1 aliphatic heterocycles. The lowest BCUT2D eigenvalue weighted by atomic mass is 10.1. The zero-order chi connectivity index (χ0) is 13.3. The van der Waals surface area contributed by atoms with E-state index in [9.17, 15) is 0 Å². The summed E-state index contributed by atoms with van der Waals surface area (Å²) in [4.78, 5) is 4.72. The van der Waals surface area contributed by atoms with Gasteiger partial charge in [0, 0.05) is 15.9 Å². The van der Waals surface area contributed by atoms with Gasteiger partial charge in [-0.1, -0.05) is 34.6 Å². The van der Waals surface area contributed by atoms with Crippen LogP contribution < -0.4 is 5.32 Å². The molecule has 1 aromatic carbocycles. The van der Waals surface area contributed by atoms with Gasteiger partial charge >= 0.3 is 0 Å². The number of hydrogen-bond acceptors (Lipinski definition) is 3. The summed E-state index contributed by atoms with van der Waals surface area (Å²) in [5.41, 5.74) is 3.68. The summed E-state index contributed by atoms with van der Waals surface area (Å²) in [6, 6.07) is 4.68. The summed E-state index contributed by atoms with van der Waals surface area (Å²) in [5.74, 6) is 1.80. The van der Waals surface area contributed by atoms with Gasteiger partial charge in [-0.05, 0) is 49.9 Å². The van der Waals surface area contributed by atoms with Gasteiger partial charge in [0.2, 0.25) is 0 Å². The van der Waals surface area contributed by atoms with Gasteiger partial charge in [0.25, 0.3) is 0 Å². The second-order valence-corrected chi connectivity index (χ2v) is 6.93. The van der Waals surface area contributed by atoms with Crippen LogP contribution in [-0.2, 0) is 0 Å². The molecule has 18 heavy (non-hydrogen) atoms. The van der Waals surface area contributed by atoms with Gasteiger partial charge < -0.3 is 5.32 Å². The fraction of sp³-hybridized carbons (Fsp3) is 0.500. The number of amidine groups is 1. The van der Waals surface area contributed by atoms with Crippen molar-refractivity contribution in [1.82, 2.24) is 0 Å². The molecule has 0 aliphatic carbocycles. The van der Waals surface area contributed by atoms with Crippen LogP contribution in [0.15, 0.2) is 21.6 Å². The number of thioether (sulfide) groups is 1. The lowest BCUT2D eigenvalue weighted by Crippen LogP contribution is -2.25. The molecule has 1 heterocycles. The Bertz CT molecular complexity index is 462. The van der Waals surface area contributed by atoms with Crippen molar-refractivity contribution < 1.29 is 0 Å². The number of nitrogens with one attached hydrogen (secondary N) is 1. The Labute approximate surface area is 122 Å². The molecule has 0 saturated carbocycles. The maximum atomic E-state index is 4.72. The van der Waals surface area contributed by atoms with Crippen LogP contribution in [0.5, 0.6) is 0 Å². The number of nitrogens with zero attached hydrogens (tertiary/aromatic N) is 1. The maximum absolute atomic E-state index is 4.72. The zero-order valence-electron chi connectivity index (χ0n) is 11.2. The molecule has 2 unspecified atom stereocenters. The van der Waals surface area contributed by atoms with Crippen LogP contribution in [0.4, 0.5) is 5.69 Å². The van der Waals surface area contributed by atoms with Crippen molar-refractivity contribution in [1.29, 1.82) is 0 Å². The predicted octanol–water partition coefficient (Wildman–Crippen LogP) is 4.61. The smallest absolute Gasteiger partial charge is 0.161 e. The summed E-state index contributed by atoms with van der Waals surface area (Å²) in [7, 11) is 0. The van der Waals surface area contributed by atoms with E-state index >= 15 is 0 Å². The lowest BCUT2D eigenvalue weighted by molar-refractivity contribution is 0.537. The molecule has 0 radical (unpaired) electrons. The number of aliphatic imine (C=N–C) groups is 1. The largest absolute Gasteiger partial charge is 0.335 e. The second-order valence-electron chi connectivity index (χ2n) is 5.00. The topological polar surface area (TPSA) is 24.4 Å². The monoisotopic (exact) mass is 326 g/mol. The molecule has 98 valence electrons. The minimum atomic E-state index is 0.407. The average molecular weight is 327 g/mol. The Balaban J connectivity index is 2.23. The van der Waals surface area contributed by atoms with Gasteiger partial charge in [-0.3, -0.25) is 4.99 Å². The molecule has 2 nitrogen and oxygen atoms in total. The van der Waals surface area contributed by atoms with E-state index in [-0.39, 0.29) is 0 Å². The van der Waals surface area contributed by atoms with Gasteiger partial charge in [-0.15, -0.1) is 0 Å². The first-order chi connectivity index (χ1) is 8.47. The standard InChI is InChI=1S/C14H19BrN2S/c1-8-5-12(15)6-9(2)13(8)17-14-16-11(4)10(3)7-18-14/h5-6,10-11H,7H2,1-4H3,(H,16,17). The molecule has 0 saturated heterocycles. The van der Waals surface area contributed by atoms with Gasteiger partial charge in [0.15, 0.2) is 5.17 Å². The van der Waals surface area contributed by atoms with Crippen molar-refractivity contribution in [3.8, 4) is 0 Å². The minimum absolute atomic E-state index is 0.407. The third kappa shape index (κ3) is 3.09. The number of hydrogen-bond donors (Lipinski definition) is 1. The van der Waals surface area contributed by atoms with Crippen LogP contribution in [0.25, 0.3) is 0 Å². The third-order valence-electron chi connectivity index (χ3n) is 3.36. The number of benzene rings is 1. The summed E-state index contributed by atoms with van der Waals surface area (Å²) >= 11 is 5.35. The molecule has 1 N–H and O–H groups in total. The molecule has 1 aliphatic rings. The molecule has 1 aromatic rings. The highest BCUT2D eigenvalue weighted by atomic mass is 79.9. The lowest BCUT2D eigenvalue weighted by Gasteiger charge is -2.24. The Morgan fingerprint density at radius 1 is 1.28 bits per heavy atom. The summed E-state index contributed by atoms with van der Waals surface area (Å²) in [6.07, 6.45) is 0.